The third kappa shape index (κ3) is 5.38. The van der Waals surface area contributed by atoms with Gasteiger partial charge in [0.05, 0.1) is 13.2 Å². The maximum atomic E-state index is 12.0. The molecule has 0 N–H and O–H groups in total. The summed E-state index contributed by atoms with van der Waals surface area (Å²) in [7, 11) is 0. The highest BCUT2D eigenvalue weighted by Crippen LogP contribution is 2.14. The molecular formula is C16H20O5. The summed E-state index contributed by atoms with van der Waals surface area (Å²) in [6.45, 7) is 3.69. The standard InChI is InChI=1S/C16H20O5/c1-3-20-15(18)13(16(19)21-4-2)10-11-14(17)12-8-6-5-7-9-12/h5-9,13H,3-4,10-11H2,1-2H3. The minimum Gasteiger partial charge on any atom is -0.465 e. The summed E-state index contributed by atoms with van der Waals surface area (Å²) < 4.78 is 9.72. The Labute approximate surface area is 124 Å². The van der Waals surface area contributed by atoms with E-state index in [-0.39, 0.29) is 31.8 Å². The molecule has 0 amide bonds. The molecule has 0 radical (unpaired) electrons. The second-order valence-corrected chi connectivity index (χ2v) is 4.38. The van der Waals surface area contributed by atoms with Crippen LogP contribution < -0.4 is 0 Å². The number of carbonyl (C=O) groups is 3. The van der Waals surface area contributed by atoms with Gasteiger partial charge in [0, 0.05) is 12.0 Å². The average Bonchev–Trinajstić information content (AvgIpc) is 2.48. The van der Waals surface area contributed by atoms with Crippen LogP contribution in [-0.4, -0.2) is 30.9 Å². The van der Waals surface area contributed by atoms with Crippen LogP contribution >= 0.6 is 0 Å². The third-order valence-electron chi connectivity index (χ3n) is 2.90. The van der Waals surface area contributed by atoms with Crippen molar-refractivity contribution in [2.24, 2.45) is 5.92 Å². The van der Waals surface area contributed by atoms with Crippen LogP contribution in [0.5, 0.6) is 0 Å². The van der Waals surface area contributed by atoms with Crippen molar-refractivity contribution in [3.8, 4) is 0 Å². The van der Waals surface area contributed by atoms with Crippen molar-refractivity contribution in [2.75, 3.05) is 13.2 Å². The lowest BCUT2D eigenvalue weighted by Crippen LogP contribution is -2.28. The quantitative estimate of drug-likeness (QED) is 0.418. The monoisotopic (exact) mass is 292 g/mol. The topological polar surface area (TPSA) is 69.7 Å². The lowest BCUT2D eigenvalue weighted by molar-refractivity contribution is -0.161. The van der Waals surface area contributed by atoms with Crippen molar-refractivity contribution < 1.29 is 23.9 Å². The zero-order valence-corrected chi connectivity index (χ0v) is 12.3. The zero-order valence-electron chi connectivity index (χ0n) is 12.3. The Morgan fingerprint density at radius 3 is 1.95 bits per heavy atom. The number of rotatable bonds is 8. The molecule has 0 heterocycles. The molecular weight excluding hydrogens is 272 g/mol. The molecule has 0 saturated carbocycles. The zero-order chi connectivity index (χ0) is 15.7. The number of hydrogen-bond acceptors (Lipinski definition) is 5. The largest absolute Gasteiger partial charge is 0.465 e. The Morgan fingerprint density at radius 1 is 0.952 bits per heavy atom. The number of ketones is 1. The number of benzene rings is 1. The fourth-order valence-electron chi connectivity index (χ4n) is 1.86. The summed E-state index contributed by atoms with van der Waals surface area (Å²) in [4.78, 5) is 35.6. The molecule has 0 saturated heterocycles. The van der Waals surface area contributed by atoms with E-state index in [0.717, 1.165) is 0 Å². The van der Waals surface area contributed by atoms with E-state index in [1.165, 1.54) is 0 Å². The van der Waals surface area contributed by atoms with Crippen LogP contribution in [0.4, 0.5) is 0 Å². The Hall–Kier alpha value is -2.17. The van der Waals surface area contributed by atoms with Gasteiger partial charge in [-0.25, -0.2) is 0 Å². The second-order valence-electron chi connectivity index (χ2n) is 4.38. The van der Waals surface area contributed by atoms with E-state index < -0.39 is 17.9 Å². The molecule has 0 unspecified atom stereocenters. The summed E-state index contributed by atoms with van der Waals surface area (Å²) in [5, 5.41) is 0. The number of carbonyl (C=O) groups excluding carboxylic acids is 3. The molecule has 21 heavy (non-hydrogen) atoms. The maximum absolute atomic E-state index is 12.0. The lowest BCUT2D eigenvalue weighted by atomic mass is 9.98. The van der Waals surface area contributed by atoms with Crippen LogP contribution in [0.25, 0.3) is 0 Å². The molecule has 0 spiro atoms. The number of ether oxygens (including phenoxy) is 2. The predicted molar refractivity (Wildman–Crippen MR) is 76.8 cm³/mol. The van der Waals surface area contributed by atoms with Gasteiger partial charge in [0.1, 0.15) is 0 Å². The molecule has 0 fully saturated rings. The summed E-state index contributed by atoms with van der Waals surface area (Å²) >= 11 is 0. The molecule has 0 bridgehead atoms. The van der Waals surface area contributed by atoms with Crippen molar-refractivity contribution in [1.82, 2.24) is 0 Å². The Balaban J connectivity index is 2.66. The number of Topliss-reactive ketones (excluding diaryl/α,β-unsaturated/α-hetero) is 1. The van der Waals surface area contributed by atoms with Gasteiger partial charge in [0.25, 0.3) is 0 Å². The van der Waals surface area contributed by atoms with Crippen LogP contribution in [-0.2, 0) is 19.1 Å². The van der Waals surface area contributed by atoms with Crippen LogP contribution in [0.15, 0.2) is 30.3 Å². The van der Waals surface area contributed by atoms with Crippen LogP contribution in [0.2, 0.25) is 0 Å². The molecule has 0 aliphatic rings. The molecule has 1 aromatic rings. The molecule has 114 valence electrons. The summed E-state index contributed by atoms with van der Waals surface area (Å²) in [6, 6.07) is 8.75. The molecule has 5 heteroatoms. The minimum atomic E-state index is -1.04. The van der Waals surface area contributed by atoms with E-state index >= 15 is 0 Å². The van der Waals surface area contributed by atoms with Crippen molar-refractivity contribution in [3.05, 3.63) is 35.9 Å². The van der Waals surface area contributed by atoms with Crippen LogP contribution in [0.1, 0.15) is 37.0 Å². The average molecular weight is 292 g/mol. The van der Waals surface area contributed by atoms with E-state index in [9.17, 15) is 14.4 Å². The smallest absolute Gasteiger partial charge is 0.320 e. The lowest BCUT2D eigenvalue weighted by Gasteiger charge is -2.13. The molecule has 1 rings (SSSR count). The molecule has 0 atom stereocenters. The maximum Gasteiger partial charge on any atom is 0.320 e. The highest BCUT2D eigenvalue weighted by molar-refractivity contribution is 5.98. The van der Waals surface area contributed by atoms with Crippen molar-refractivity contribution >= 4 is 17.7 Å². The van der Waals surface area contributed by atoms with Gasteiger partial charge in [-0.05, 0) is 20.3 Å². The van der Waals surface area contributed by atoms with Gasteiger partial charge in [-0.3, -0.25) is 14.4 Å². The first kappa shape index (κ1) is 16.9. The summed E-state index contributed by atoms with van der Waals surface area (Å²) in [6.07, 6.45) is 0.178. The predicted octanol–water partition coefficient (Wildman–Crippen LogP) is 2.39. The molecule has 0 aliphatic carbocycles. The van der Waals surface area contributed by atoms with Crippen molar-refractivity contribution in [1.29, 1.82) is 0 Å². The van der Waals surface area contributed by atoms with E-state index in [0.29, 0.717) is 5.56 Å². The third-order valence-corrected chi connectivity index (χ3v) is 2.90. The minimum absolute atomic E-state index is 0.0887. The first-order valence-corrected chi connectivity index (χ1v) is 7.01. The highest BCUT2D eigenvalue weighted by Gasteiger charge is 2.29. The number of esters is 2. The molecule has 0 aliphatic heterocycles. The Bertz CT molecular complexity index is 463. The van der Waals surface area contributed by atoms with Gasteiger partial charge < -0.3 is 9.47 Å². The van der Waals surface area contributed by atoms with E-state index in [1.54, 1.807) is 38.1 Å². The van der Waals surface area contributed by atoms with Gasteiger partial charge >= 0.3 is 11.9 Å². The normalized spacial score (nSPS) is 10.2. The first-order chi connectivity index (χ1) is 10.1. The van der Waals surface area contributed by atoms with E-state index in [1.807, 2.05) is 6.07 Å². The van der Waals surface area contributed by atoms with Gasteiger partial charge in [0.2, 0.25) is 0 Å². The second kappa shape index (κ2) is 8.89. The van der Waals surface area contributed by atoms with E-state index in [2.05, 4.69) is 0 Å². The first-order valence-electron chi connectivity index (χ1n) is 7.01. The fraction of sp³-hybridized carbons (Fsp3) is 0.438. The molecule has 1 aromatic carbocycles. The van der Waals surface area contributed by atoms with Crippen molar-refractivity contribution in [3.63, 3.8) is 0 Å². The van der Waals surface area contributed by atoms with Gasteiger partial charge in [0.15, 0.2) is 11.7 Å². The summed E-state index contributed by atoms with van der Waals surface area (Å²) in [5.74, 6) is -2.44. The van der Waals surface area contributed by atoms with Gasteiger partial charge in [-0.1, -0.05) is 30.3 Å². The molecule has 5 nitrogen and oxygen atoms in total. The summed E-state index contributed by atoms with van der Waals surface area (Å²) in [5.41, 5.74) is 0.559. The number of hydrogen-bond donors (Lipinski definition) is 0. The highest BCUT2D eigenvalue weighted by atomic mass is 16.6. The Morgan fingerprint density at radius 2 is 1.48 bits per heavy atom. The van der Waals surface area contributed by atoms with E-state index in [4.69, 9.17) is 9.47 Å². The van der Waals surface area contributed by atoms with Crippen molar-refractivity contribution in [2.45, 2.75) is 26.7 Å². The van der Waals surface area contributed by atoms with Gasteiger partial charge in [-0.2, -0.15) is 0 Å². The fourth-order valence-corrected chi connectivity index (χ4v) is 1.86. The molecule has 0 aromatic heterocycles. The van der Waals surface area contributed by atoms with Gasteiger partial charge in [-0.15, -0.1) is 0 Å². The Kier molecular flexibility index (Phi) is 7.15. The van der Waals surface area contributed by atoms with Crippen LogP contribution in [0, 0.1) is 5.92 Å². The SMILES string of the molecule is CCOC(=O)C(CCC(=O)c1ccccc1)C(=O)OCC. The van der Waals surface area contributed by atoms with Crippen LogP contribution in [0.3, 0.4) is 0 Å².